The maximum Gasteiger partial charge on any atom is 0.224 e. The number of nitrogens with zero attached hydrogens (tertiary/aromatic N) is 3. The number of hydrogen-bond donors (Lipinski definition) is 2. The molecule has 0 amide bonds. The molecule has 1 saturated carbocycles. The number of aliphatic hydroxyl groups excluding tert-OH is 1. The van der Waals surface area contributed by atoms with E-state index in [9.17, 15) is 0 Å². The fourth-order valence-electron chi connectivity index (χ4n) is 2.15. The molecule has 0 spiro atoms. The van der Waals surface area contributed by atoms with Crippen LogP contribution in [0.15, 0.2) is 0 Å². The molecular weight excluding hydrogens is 252 g/mol. The van der Waals surface area contributed by atoms with Crippen LogP contribution in [0.3, 0.4) is 0 Å². The van der Waals surface area contributed by atoms with Gasteiger partial charge in [0.1, 0.15) is 0 Å². The third-order valence-electron chi connectivity index (χ3n) is 3.43. The minimum Gasteiger partial charge on any atom is -0.396 e. The molecule has 1 aliphatic rings. The quantitative estimate of drug-likeness (QED) is 0.798. The topological polar surface area (TPSA) is 75.3 Å². The lowest BCUT2D eigenvalue weighted by molar-refractivity contribution is 0.282. The molecule has 1 aliphatic carbocycles. The van der Waals surface area contributed by atoms with E-state index in [2.05, 4.69) is 14.9 Å². The average Bonchev–Trinajstić information content (AvgIpc) is 2.26. The van der Waals surface area contributed by atoms with Crippen molar-refractivity contribution in [2.24, 2.45) is 0 Å². The molecule has 18 heavy (non-hydrogen) atoms. The molecule has 1 heterocycles. The fourth-order valence-corrected chi connectivity index (χ4v) is 2.36. The number of nitrogens with two attached hydrogens (primary N) is 1. The second-order valence-electron chi connectivity index (χ2n) is 4.67. The van der Waals surface area contributed by atoms with Crippen molar-refractivity contribution in [2.45, 2.75) is 38.6 Å². The summed E-state index contributed by atoms with van der Waals surface area (Å²) in [6, 6.07) is 0.462. The third kappa shape index (κ3) is 2.67. The number of aromatic nitrogens is 2. The van der Waals surface area contributed by atoms with Gasteiger partial charge in [-0.3, -0.25) is 0 Å². The van der Waals surface area contributed by atoms with Crippen LogP contribution in [0, 0.1) is 6.92 Å². The Morgan fingerprint density at radius 3 is 2.72 bits per heavy atom. The number of aliphatic hydroxyl groups is 1. The average molecular weight is 271 g/mol. The lowest BCUT2D eigenvalue weighted by Crippen LogP contribution is -2.42. The number of anilines is 2. The lowest BCUT2D eigenvalue weighted by Gasteiger charge is -2.39. The van der Waals surface area contributed by atoms with Gasteiger partial charge in [-0.05, 0) is 44.2 Å². The van der Waals surface area contributed by atoms with Gasteiger partial charge < -0.3 is 15.7 Å². The minimum absolute atomic E-state index is 0.168. The molecule has 6 heteroatoms. The molecule has 0 unspecified atom stereocenters. The van der Waals surface area contributed by atoms with Crippen LogP contribution >= 0.6 is 11.6 Å². The number of halogens is 1. The van der Waals surface area contributed by atoms with Crippen LogP contribution in [0.2, 0.25) is 5.28 Å². The van der Waals surface area contributed by atoms with Gasteiger partial charge in [0.05, 0.1) is 11.4 Å². The number of rotatable bonds is 5. The molecule has 0 atom stereocenters. The van der Waals surface area contributed by atoms with Crippen LogP contribution in [0.25, 0.3) is 0 Å². The maximum atomic E-state index is 9.00. The number of nitrogen functional groups attached to an aromatic ring is 1. The van der Waals surface area contributed by atoms with E-state index >= 15 is 0 Å². The summed E-state index contributed by atoms with van der Waals surface area (Å²) in [6.07, 6.45) is 4.23. The molecule has 1 fully saturated rings. The Morgan fingerprint density at radius 2 is 2.17 bits per heavy atom. The van der Waals surface area contributed by atoms with Crippen LogP contribution in [-0.2, 0) is 0 Å². The first-order valence-corrected chi connectivity index (χ1v) is 6.68. The molecule has 0 saturated heterocycles. The second kappa shape index (κ2) is 5.71. The van der Waals surface area contributed by atoms with Gasteiger partial charge in [-0.2, -0.15) is 4.98 Å². The highest BCUT2D eigenvalue weighted by Gasteiger charge is 2.27. The van der Waals surface area contributed by atoms with Crippen LogP contribution in [0.5, 0.6) is 0 Å². The van der Waals surface area contributed by atoms with Crippen molar-refractivity contribution < 1.29 is 5.11 Å². The van der Waals surface area contributed by atoms with Crippen molar-refractivity contribution >= 4 is 23.1 Å². The molecular formula is C12H19ClN4O. The standard InChI is InChI=1S/C12H19ClN4O/c1-8-10(14)11(16-12(13)15-8)17(6-3-7-18)9-4-2-5-9/h9,18H,2-7,14H2,1H3. The summed E-state index contributed by atoms with van der Waals surface area (Å²) in [5.41, 5.74) is 7.35. The monoisotopic (exact) mass is 270 g/mol. The van der Waals surface area contributed by atoms with E-state index in [-0.39, 0.29) is 11.9 Å². The van der Waals surface area contributed by atoms with Crippen molar-refractivity contribution in [3.05, 3.63) is 11.0 Å². The first-order chi connectivity index (χ1) is 8.63. The summed E-state index contributed by atoms with van der Waals surface area (Å²) in [6.45, 7) is 2.75. The molecule has 0 radical (unpaired) electrons. The fraction of sp³-hybridized carbons (Fsp3) is 0.667. The Bertz CT molecular complexity index is 423. The van der Waals surface area contributed by atoms with Crippen molar-refractivity contribution in [1.82, 2.24) is 9.97 Å². The Hall–Kier alpha value is -1.07. The van der Waals surface area contributed by atoms with Gasteiger partial charge in [-0.15, -0.1) is 0 Å². The number of hydrogen-bond acceptors (Lipinski definition) is 5. The minimum atomic E-state index is 0.168. The molecule has 3 N–H and O–H groups in total. The highest BCUT2D eigenvalue weighted by Crippen LogP contribution is 2.33. The summed E-state index contributed by atoms with van der Waals surface area (Å²) in [4.78, 5) is 10.5. The maximum absolute atomic E-state index is 9.00. The predicted octanol–water partition coefficient (Wildman–Crippen LogP) is 1.76. The summed E-state index contributed by atoms with van der Waals surface area (Å²) >= 11 is 5.91. The third-order valence-corrected chi connectivity index (χ3v) is 3.60. The first-order valence-electron chi connectivity index (χ1n) is 6.30. The van der Waals surface area contributed by atoms with Crippen LogP contribution in [0.4, 0.5) is 11.5 Å². The van der Waals surface area contributed by atoms with E-state index in [1.807, 2.05) is 6.92 Å². The molecule has 0 bridgehead atoms. The van der Waals surface area contributed by atoms with E-state index in [0.717, 1.165) is 19.4 Å². The zero-order valence-corrected chi connectivity index (χ0v) is 11.3. The SMILES string of the molecule is Cc1nc(Cl)nc(N(CCCO)C2CCC2)c1N. The highest BCUT2D eigenvalue weighted by molar-refractivity contribution is 6.28. The van der Waals surface area contributed by atoms with Gasteiger partial charge in [0.2, 0.25) is 5.28 Å². The Kier molecular flexibility index (Phi) is 4.24. The van der Waals surface area contributed by atoms with Gasteiger partial charge >= 0.3 is 0 Å². The van der Waals surface area contributed by atoms with Crippen molar-refractivity contribution in [1.29, 1.82) is 0 Å². The zero-order valence-electron chi connectivity index (χ0n) is 10.6. The first kappa shape index (κ1) is 13.4. The largest absolute Gasteiger partial charge is 0.396 e. The van der Waals surface area contributed by atoms with E-state index < -0.39 is 0 Å². The van der Waals surface area contributed by atoms with Crippen molar-refractivity contribution in [3.63, 3.8) is 0 Å². The van der Waals surface area contributed by atoms with Gasteiger partial charge in [-0.1, -0.05) is 0 Å². The normalized spacial score (nSPS) is 15.5. The van der Waals surface area contributed by atoms with Crippen LogP contribution in [0.1, 0.15) is 31.4 Å². The van der Waals surface area contributed by atoms with E-state index in [1.165, 1.54) is 6.42 Å². The Labute approximate surface area is 112 Å². The summed E-state index contributed by atoms with van der Waals surface area (Å²) in [5.74, 6) is 0.714. The smallest absolute Gasteiger partial charge is 0.224 e. The lowest BCUT2D eigenvalue weighted by atomic mass is 9.91. The van der Waals surface area contributed by atoms with Crippen LogP contribution in [-0.4, -0.2) is 34.3 Å². The Balaban J connectivity index is 2.28. The highest BCUT2D eigenvalue weighted by atomic mass is 35.5. The summed E-state index contributed by atoms with van der Waals surface area (Å²) < 4.78 is 0. The van der Waals surface area contributed by atoms with Crippen molar-refractivity contribution in [3.8, 4) is 0 Å². The summed E-state index contributed by atoms with van der Waals surface area (Å²) in [5, 5.41) is 9.22. The molecule has 5 nitrogen and oxygen atoms in total. The molecule has 1 aromatic rings. The molecule has 100 valence electrons. The van der Waals surface area contributed by atoms with E-state index in [4.69, 9.17) is 22.4 Å². The van der Waals surface area contributed by atoms with Gasteiger partial charge in [0.15, 0.2) is 5.82 Å². The summed E-state index contributed by atoms with van der Waals surface area (Å²) in [7, 11) is 0. The Morgan fingerprint density at radius 1 is 1.44 bits per heavy atom. The van der Waals surface area contributed by atoms with E-state index in [0.29, 0.717) is 29.7 Å². The van der Waals surface area contributed by atoms with Gasteiger partial charge in [-0.25, -0.2) is 4.98 Å². The molecule has 0 aromatic carbocycles. The molecule has 2 rings (SSSR count). The molecule has 0 aliphatic heterocycles. The van der Waals surface area contributed by atoms with Crippen LogP contribution < -0.4 is 10.6 Å². The predicted molar refractivity (Wildman–Crippen MR) is 72.9 cm³/mol. The zero-order chi connectivity index (χ0) is 13.1. The van der Waals surface area contributed by atoms with Gasteiger partial charge in [0, 0.05) is 19.2 Å². The van der Waals surface area contributed by atoms with Crippen molar-refractivity contribution in [2.75, 3.05) is 23.8 Å². The van der Waals surface area contributed by atoms with Gasteiger partial charge in [0.25, 0.3) is 0 Å². The number of aryl methyl sites for hydroxylation is 1. The molecule has 1 aromatic heterocycles. The van der Waals surface area contributed by atoms with E-state index in [1.54, 1.807) is 0 Å². The second-order valence-corrected chi connectivity index (χ2v) is 5.01.